The molecular formula is C12H14N2O3. The van der Waals surface area contributed by atoms with Gasteiger partial charge in [-0.1, -0.05) is 18.2 Å². The second-order valence-electron chi connectivity index (χ2n) is 3.36. The van der Waals surface area contributed by atoms with E-state index in [2.05, 4.69) is 0 Å². The summed E-state index contributed by atoms with van der Waals surface area (Å²) in [6.07, 6.45) is 5.33. The SMILES string of the molecule is C/C=C\C=C(/C)Oc1cccc(N)c1[N+](=O)[O-]. The third-order valence-corrected chi connectivity index (χ3v) is 2.01. The average Bonchev–Trinajstić information content (AvgIpc) is 2.25. The van der Waals surface area contributed by atoms with Gasteiger partial charge >= 0.3 is 5.69 Å². The molecule has 90 valence electrons. The zero-order valence-electron chi connectivity index (χ0n) is 9.71. The number of nitro groups is 1. The molecule has 0 aliphatic carbocycles. The van der Waals surface area contributed by atoms with E-state index in [1.165, 1.54) is 12.1 Å². The van der Waals surface area contributed by atoms with Crippen LogP contribution in [0.5, 0.6) is 5.75 Å². The van der Waals surface area contributed by atoms with Gasteiger partial charge < -0.3 is 10.5 Å². The average molecular weight is 234 g/mol. The Kier molecular flexibility index (Phi) is 4.28. The van der Waals surface area contributed by atoms with Crippen molar-refractivity contribution >= 4 is 11.4 Å². The summed E-state index contributed by atoms with van der Waals surface area (Å²) >= 11 is 0. The Labute approximate surface area is 99.3 Å². The number of ether oxygens (including phenoxy) is 1. The fraction of sp³-hybridized carbons (Fsp3) is 0.167. The minimum absolute atomic E-state index is 0.0892. The number of nitrogens with zero attached hydrogens (tertiary/aromatic N) is 1. The molecular weight excluding hydrogens is 220 g/mol. The Morgan fingerprint density at radius 2 is 2.24 bits per heavy atom. The van der Waals surface area contributed by atoms with Crippen LogP contribution in [0.1, 0.15) is 13.8 Å². The van der Waals surface area contributed by atoms with Crippen molar-refractivity contribution in [2.75, 3.05) is 5.73 Å². The first kappa shape index (κ1) is 12.8. The molecule has 0 bridgehead atoms. The number of nitrogens with two attached hydrogens (primary N) is 1. The van der Waals surface area contributed by atoms with Gasteiger partial charge in [-0.05, 0) is 32.1 Å². The molecule has 0 radical (unpaired) electrons. The monoisotopic (exact) mass is 234 g/mol. The van der Waals surface area contributed by atoms with Crippen LogP contribution in [0.2, 0.25) is 0 Å². The molecule has 0 aromatic heterocycles. The summed E-state index contributed by atoms with van der Waals surface area (Å²) in [5, 5.41) is 10.9. The molecule has 0 saturated carbocycles. The van der Waals surface area contributed by atoms with E-state index in [0.717, 1.165) is 0 Å². The molecule has 0 amide bonds. The summed E-state index contributed by atoms with van der Waals surface area (Å²) in [5.41, 5.74) is 5.42. The normalized spacial score (nSPS) is 11.8. The van der Waals surface area contributed by atoms with Gasteiger partial charge in [0.2, 0.25) is 5.75 Å². The van der Waals surface area contributed by atoms with Crippen LogP contribution in [0.15, 0.2) is 42.2 Å². The van der Waals surface area contributed by atoms with Gasteiger partial charge in [-0.15, -0.1) is 0 Å². The first-order valence-corrected chi connectivity index (χ1v) is 5.06. The lowest BCUT2D eigenvalue weighted by Gasteiger charge is -2.07. The van der Waals surface area contributed by atoms with Gasteiger partial charge in [0.15, 0.2) is 0 Å². The smallest absolute Gasteiger partial charge is 0.334 e. The van der Waals surface area contributed by atoms with Crippen LogP contribution < -0.4 is 10.5 Å². The van der Waals surface area contributed by atoms with Crippen molar-refractivity contribution in [1.82, 2.24) is 0 Å². The molecule has 2 N–H and O–H groups in total. The third kappa shape index (κ3) is 3.34. The van der Waals surface area contributed by atoms with Crippen molar-refractivity contribution in [3.8, 4) is 5.75 Å². The van der Waals surface area contributed by atoms with Crippen molar-refractivity contribution in [1.29, 1.82) is 0 Å². The van der Waals surface area contributed by atoms with Gasteiger partial charge in [0.25, 0.3) is 0 Å². The van der Waals surface area contributed by atoms with Crippen LogP contribution in [-0.4, -0.2) is 4.92 Å². The number of nitro benzene ring substituents is 1. The predicted molar refractivity (Wildman–Crippen MR) is 66.7 cm³/mol. The van der Waals surface area contributed by atoms with Gasteiger partial charge in [0.1, 0.15) is 11.4 Å². The number of allylic oxidation sites excluding steroid dienone is 4. The summed E-state index contributed by atoms with van der Waals surface area (Å²) < 4.78 is 5.38. The van der Waals surface area contributed by atoms with E-state index in [0.29, 0.717) is 5.76 Å². The number of para-hydroxylation sites is 1. The van der Waals surface area contributed by atoms with E-state index in [4.69, 9.17) is 10.5 Å². The lowest BCUT2D eigenvalue weighted by Crippen LogP contribution is -2.00. The standard InChI is InChI=1S/C12H14N2O3/c1-3-4-6-9(2)17-11-8-5-7-10(13)12(11)14(15)16/h3-8H,13H2,1-2H3/b4-3-,9-6+. The first-order chi connectivity index (χ1) is 8.06. The highest BCUT2D eigenvalue weighted by Crippen LogP contribution is 2.33. The molecule has 0 aliphatic heterocycles. The molecule has 0 aliphatic rings. The van der Waals surface area contributed by atoms with Crippen molar-refractivity contribution < 1.29 is 9.66 Å². The van der Waals surface area contributed by atoms with Gasteiger partial charge in [-0.3, -0.25) is 10.1 Å². The molecule has 0 atom stereocenters. The molecule has 0 saturated heterocycles. The van der Waals surface area contributed by atoms with Crippen molar-refractivity contribution in [3.05, 3.63) is 52.3 Å². The van der Waals surface area contributed by atoms with Crippen molar-refractivity contribution in [2.24, 2.45) is 0 Å². The lowest BCUT2D eigenvalue weighted by atomic mass is 10.2. The molecule has 0 unspecified atom stereocenters. The van der Waals surface area contributed by atoms with Crippen LogP contribution in [0.4, 0.5) is 11.4 Å². The van der Waals surface area contributed by atoms with E-state index >= 15 is 0 Å². The van der Waals surface area contributed by atoms with E-state index in [1.54, 1.807) is 25.1 Å². The lowest BCUT2D eigenvalue weighted by molar-refractivity contribution is -0.384. The summed E-state index contributed by atoms with van der Waals surface area (Å²) in [4.78, 5) is 10.3. The van der Waals surface area contributed by atoms with Gasteiger partial charge in [0.05, 0.1) is 4.92 Å². The van der Waals surface area contributed by atoms with E-state index < -0.39 is 4.92 Å². The minimum Gasteiger partial charge on any atom is -0.455 e. The second kappa shape index (κ2) is 5.69. The number of rotatable bonds is 4. The summed E-state index contributed by atoms with van der Waals surface area (Å²) in [7, 11) is 0. The summed E-state index contributed by atoms with van der Waals surface area (Å²) in [6.45, 7) is 3.58. The zero-order valence-corrected chi connectivity index (χ0v) is 9.71. The maximum absolute atomic E-state index is 10.9. The number of anilines is 1. The van der Waals surface area contributed by atoms with Gasteiger partial charge in [-0.25, -0.2) is 0 Å². The Morgan fingerprint density at radius 1 is 1.53 bits per heavy atom. The number of benzene rings is 1. The minimum atomic E-state index is -0.548. The molecule has 0 fully saturated rings. The van der Waals surface area contributed by atoms with E-state index in [1.807, 2.05) is 13.0 Å². The summed E-state index contributed by atoms with van der Waals surface area (Å²) in [5.74, 6) is 0.699. The van der Waals surface area contributed by atoms with Gasteiger partial charge in [-0.2, -0.15) is 0 Å². The largest absolute Gasteiger partial charge is 0.455 e. The fourth-order valence-electron chi connectivity index (χ4n) is 1.26. The molecule has 1 aromatic carbocycles. The van der Waals surface area contributed by atoms with Gasteiger partial charge in [0, 0.05) is 0 Å². The van der Waals surface area contributed by atoms with Crippen molar-refractivity contribution in [3.63, 3.8) is 0 Å². The number of hydrogen-bond acceptors (Lipinski definition) is 4. The Hall–Kier alpha value is -2.30. The Morgan fingerprint density at radius 3 is 2.82 bits per heavy atom. The topological polar surface area (TPSA) is 78.4 Å². The molecule has 5 nitrogen and oxygen atoms in total. The Balaban J connectivity index is 3.07. The highest BCUT2D eigenvalue weighted by molar-refractivity contribution is 5.65. The van der Waals surface area contributed by atoms with Crippen LogP contribution in [0.3, 0.4) is 0 Å². The van der Waals surface area contributed by atoms with Crippen LogP contribution in [-0.2, 0) is 0 Å². The molecule has 0 heterocycles. The third-order valence-electron chi connectivity index (χ3n) is 2.01. The molecule has 1 aromatic rings. The van der Waals surface area contributed by atoms with Crippen LogP contribution >= 0.6 is 0 Å². The maximum atomic E-state index is 10.9. The molecule has 17 heavy (non-hydrogen) atoms. The zero-order chi connectivity index (χ0) is 12.8. The van der Waals surface area contributed by atoms with E-state index in [9.17, 15) is 10.1 Å². The maximum Gasteiger partial charge on any atom is 0.334 e. The first-order valence-electron chi connectivity index (χ1n) is 5.06. The van der Waals surface area contributed by atoms with Crippen molar-refractivity contribution in [2.45, 2.75) is 13.8 Å². The molecule has 1 rings (SSSR count). The highest BCUT2D eigenvalue weighted by atomic mass is 16.6. The second-order valence-corrected chi connectivity index (χ2v) is 3.36. The highest BCUT2D eigenvalue weighted by Gasteiger charge is 2.19. The molecule has 0 spiro atoms. The Bertz CT molecular complexity index is 479. The van der Waals surface area contributed by atoms with E-state index in [-0.39, 0.29) is 17.1 Å². The quantitative estimate of drug-likeness (QED) is 0.285. The number of nitrogen functional groups attached to an aromatic ring is 1. The number of hydrogen-bond donors (Lipinski definition) is 1. The predicted octanol–water partition coefficient (Wildman–Crippen LogP) is 3.04. The van der Waals surface area contributed by atoms with Crippen LogP contribution in [0.25, 0.3) is 0 Å². The summed E-state index contributed by atoms with van der Waals surface area (Å²) in [6, 6.07) is 4.60. The molecule has 5 heteroatoms. The van der Waals surface area contributed by atoms with Crippen LogP contribution in [0, 0.1) is 10.1 Å². The fourth-order valence-corrected chi connectivity index (χ4v) is 1.26.